The maximum atomic E-state index is 10.5. The van der Waals surface area contributed by atoms with Crippen LogP contribution in [0.3, 0.4) is 0 Å². The zero-order chi connectivity index (χ0) is 7.56. The molecule has 10 heavy (non-hydrogen) atoms. The predicted molar refractivity (Wildman–Crippen MR) is 52.2 cm³/mol. The summed E-state index contributed by atoms with van der Waals surface area (Å²) in [4.78, 5) is 10.5. The number of hydrogen-bond acceptors (Lipinski definition) is 2. The molecule has 0 heterocycles. The lowest BCUT2D eigenvalue weighted by Gasteiger charge is -2.34. The molecule has 1 saturated carbocycles. The van der Waals surface area contributed by atoms with Crippen molar-refractivity contribution in [1.29, 1.82) is 0 Å². The van der Waals surface area contributed by atoms with Crippen LogP contribution in [0.1, 0.15) is 12.8 Å². The van der Waals surface area contributed by atoms with Crippen LogP contribution < -0.4 is 10.4 Å². The Labute approximate surface area is 76.1 Å². The summed E-state index contributed by atoms with van der Waals surface area (Å²) >= 11 is 1.76. The van der Waals surface area contributed by atoms with E-state index in [1.807, 2.05) is 0 Å². The molecule has 1 atom stereocenters. The molecule has 5 heteroatoms. The van der Waals surface area contributed by atoms with E-state index in [0.717, 1.165) is 12.8 Å². The number of carbonyl (C=O) groups excluding carboxylic acids is 1. The Morgan fingerprint density at radius 3 is 2.50 bits per heavy atom. The van der Waals surface area contributed by atoms with Crippen molar-refractivity contribution in [3.05, 3.63) is 0 Å². The number of amides is 1. The van der Waals surface area contributed by atoms with E-state index in [1.54, 1.807) is 22.6 Å². The first kappa shape index (κ1) is 8.68. The second-order valence-electron chi connectivity index (χ2n) is 2.45. The Morgan fingerprint density at radius 2 is 2.10 bits per heavy atom. The SMILES string of the molecule is O=C(I)NC1CC(NP)C1. The lowest BCUT2D eigenvalue weighted by molar-refractivity contribution is 0.242. The highest BCUT2D eigenvalue weighted by Gasteiger charge is 2.28. The first-order valence-corrected chi connectivity index (χ1v) is 4.80. The van der Waals surface area contributed by atoms with E-state index >= 15 is 0 Å². The third-order valence-electron chi connectivity index (χ3n) is 1.69. The fourth-order valence-electron chi connectivity index (χ4n) is 1.03. The molecule has 1 aliphatic rings. The van der Waals surface area contributed by atoms with Gasteiger partial charge >= 0.3 is 0 Å². The fraction of sp³-hybridized carbons (Fsp3) is 0.800. The average Bonchev–Trinajstić information content (AvgIpc) is 1.76. The molecule has 1 unspecified atom stereocenters. The van der Waals surface area contributed by atoms with Crippen LogP contribution in [0.4, 0.5) is 4.79 Å². The Balaban J connectivity index is 2.08. The van der Waals surface area contributed by atoms with Crippen molar-refractivity contribution in [1.82, 2.24) is 10.4 Å². The number of halogens is 1. The van der Waals surface area contributed by atoms with Crippen LogP contribution in [-0.2, 0) is 0 Å². The number of rotatable bonds is 2. The molecular weight excluding hydrogens is 262 g/mol. The molecule has 1 rings (SSSR count). The smallest absolute Gasteiger partial charge is 0.280 e. The largest absolute Gasteiger partial charge is 0.345 e. The van der Waals surface area contributed by atoms with Gasteiger partial charge in [0.05, 0.1) is 0 Å². The van der Waals surface area contributed by atoms with Crippen molar-refractivity contribution < 1.29 is 4.79 Å². The van der Waals surface area contributed by atoms with Crippen LogP contribution in [0.5, 0.6) is 0 Å². The van der Waals surface area contributed by atoms with Gasteiger partial charge in [-0.05, 0) is 12.8 Å². The van der Waals surface area contributed by atoms with Gasteiger partial charge in [0, 0.05) is 34.7 Å². The summed E-state index contributed by atoms with van der Waals surface area (Å²) in [6.45, 7) is 0. The number of nitrogens with one attached hydrogen (secondary N) is 2. The van der Waals surface area contributed by atoms with Crippen molar-refractivity contribution >= 4 is 35.9 Å². The summed E-state index contributed by atoms with van der Waals surface area (Å²) in [6, 6.07) is 0.987. The lowest BCUT2D eigenvalue weighted by Crippen LogP contribution is -2.48. The Kier molecular flexibility index (Phi) is 3.33. The third kappa shape index (κ3) is 2.32. The van der Waals surface area contributed by atoms with Crippen molar-refractivity contribution in [2.45, 2.75) is 24.9 Å². The second-order valence-corrected chi connectivity index (χ2v) is 3.76. The summed E-state index contributed by atoms with van der Waals surface area (Å²) in [6.07, 6.45) is 2.11. The topological polar surface area (TPSA) is 41.1 Å². The Bertz CT molecular complexity index is 138. The van der Waals surface area contributed by atoms with Gasteiger partial charge in [-0.15, -0.1) is 0 Å². The quantitative estimate of drug-likeness (QED) is 0.341. The van der Waals surface area contributed by atoms with Crippen LogP contribution in [-0.4, -0.2) is 16.0 Å². The number of hydrogen-bond donors (Lipinski definition) is 2. The summed E-state index contributed by atoms with van der Waals surface area (Å²) in [7, 11) is 2.49. The fourth-order valence-corrected chi connectivity index (χ4v) is 1.74. The first-order chi connectivity index (χ1) is 4.72. The highest BCUT2D eigenvalue weighted by molar-refractivity contribution is 14.1. The van der Waals surface area contributed by atoms with Crippen molar-refractivity contribution in [2.24, 2.45) is 0 Å². The molecule has 1 amide bonds. The highest BCUT2D eigenvalue weighted by atomic mass is 127. The van der Waals surface area contributed by atoms with Gasteiger partial charge in [0.2, 0.25) is 0 Å². The van der Waals surface area contributed by atoms with E-state index in [9.17, 15) is 4.79 Å². The lowest BCUT2D eigenvalue weighted by atomic mass is 9.88. The van der Waals surface area contributed by atoms with E-state index in [0.29, 0.717) is 12.1 Å². The number of carbonyl (C=O) groups is 1. The minimum absolute atomic E-state index is 0.0461. The molecule has 0 spiro atoms. The third-order valence-corrected chi connectivity index (χ3v) is 2.47. The highest BCUT2D eigenvalue weighted by Crippen LogP contribution is 2.20. The Hall–Kier alpha value is 0.590. The molecule has 0 aromatic carbocycles. The van der Waals surface area contributed by atoms with Crippen LogP contribution in [0.2, 0.25) is 0 Å². The van der Waals surface area contributed by atoms with Gasteiger partial charge in [-0.25, -0.2) is 0 Å². The van der Waals surface area contributed by atoms with E-state index in [-0.39, 0.29) is 3.91 Å². The molecule has 0 aliphatic heterocycles. The molecule has 1 fully saturated rings. The molecule has 0 radical (unpaired) electrons. The second kappa shape index (κ2) is 3.83. The van der Waals surface area contributed by atoms with Gasteiger partial charge in [0.25, 0.3) is 3.91 Å². The van der Waals surface area contributed by atoms with E-state index in [1.165, 1.54) is 0 Å². The average molecular weight is 272 g/mol. The molecule has 2 N–H and O–H groups in total. The van der Waals surface area contributed by atoms with Crippen LogP contribution in [0.25, 0.3) is 0 Å². The maximum Gasteiger partial charge on any atom is 0.280 e. The normalized spacial score (nSPS) is 31.0. The summed E-state index contributed by atoms with van der Waals surface area (Å²) in [5.41, 5.74) is 0. The standard InChI is InChI=1S/C5H10IN2OP/c6-5(9)7-3-1-4(2-3)8-10/h3-4,8H,1-2,10H2,(H,7,9). The van der Waals surface area contributed by atoms with Gasteiger partial charge < -0.3 is 5.32 Å². The minimum atomic E-state index is 0.0461. The molecule has 3 nitrogen and oxygen atoms in total. The summed E-state index contributed by atoms with van der Waals surface area (Å²) in [5.74, 6) is 0. The van der Waals surface area contributed by atoms with Crippen molar-refractivity contribution in [3.63, 3.8) is 0 Å². The van der Waals surface area contributed by atoms with E-state index in [4.69, 9.17) is 0 Å². The molecule has 0 saturated heterocycles. The van der Waals surface area contributed by atoms with Gasteiger partial charge in [-0.3, -0.25) is 9.88 Å². The minimum Gasteiger partial charge on any atom is -0.345 e. The molecule has 0 bridgehead atoms. The van der Waals surface area contributed by atoms with Crippen LogP contribution >= 0.6 is 32.0 Å². The van der Waals surface area contributed by atoms with Gasteiger partial charge in [-0.2, -0.15) is 0 Å². The summed E-state index contributed by atoms with van der Waals surface area (Å²) < 4.78 is 0.0461. The van der Waals surface area contributed by atoms with E-state index in [2.05, 4.69) is 19.8 Å². The molecular formula is C5H10IN2OP. The van der Waals surface area contributed by atoms with Gasteiger partial charge in [0.15, 0.2) is 0 Å². The Morgan fingerprint density at radius 1 is 1.50 bits per heavy atom. The first-order valence-electron chi connectivity index (χ1n) is 3.14. The predicted octanol–water partition coefficient (Wildman–Crippen LogP) is 1.04. The zero-order valence-corrected chi connectivity index (χ0v) is 8.74. The van der Waals surface area contributed by atoms with Crippen LogP contribution in [0.15, 0.2) is 0 Å². The zero-order valence-electron chi connectivity index (χ0n) is 5.43. The summed E-state index contributed by atoms with van der Waals surface area (Å²) in [5, 5.41) is 5.91. The molecule has 0 aromatic rings. The molecule has 0 aromatic heterocycles. The molecule has 58 valence electrons. The maximum absolute atomic E-state index is 10.5. The van der Waals surface area contributed by atoms with E-state index < -0.39 is 0 Å². The molecule has 1 aliphatic carbocycles. The van der Waals surface area contributed by atoms with Gasteiger partial charge in [0.1, 0.15) is 0 Å². The van der Waals surface area contributed by atoms with Crippen LogP contribution in [0, 0.1) is 0 Å². The van der Waals surface area contributed by atoms with Crippen molar-refractivity contribution in [3.8, 4) is 0 Å². The van der Waals surface area contributed by atoms with Gasteiger partial charge in [-0.1, -0.05) is 9.39 Å². The van der Waals surface area contributed by atoms with Crippen molar-refractivity contribution in [2.75, 3.05) is 0 Å². The monoisotopic (exact) mass is 272 g/mol.